The van der Waals surface area contributed by atoms with Crippen LogP contribution in [0.15, 0.2) is 35.5 Å². The van der Waals surface area contributed by atoms with Crippen LogP contribution in [-0.4, -0.2) is 51.8 Å². The maximum Gasteiger partial charge on any atom is 0.333 e. The molecule has 3 atom stereocenters. The minimum atomic E-state index is -4.06. The van der Waals surface area contributed by atoms with Gasteiger partial charge in [0.15, 0.2) is 0 Å². The van der Waals surface area contributed by atoms with Gasteiger partial charge in [0, 0.05) is 23.2 Å². The molecule has 13 heteroatoms. The van der Waals surface area contributed by atoms with E-state index in [9.17, 15) is 18.3 Å². The van der Waals surface area contributed by atoms with Crippen molar-refractivity contribution in [2.45, 2.75) is 38.8 Å². The number of aliphatic hydroxyl groups excluding tert-OH is 1. The van der Waals surface area contributed by atoms with Crippen molar-refractivity contribution in [3.8, 4) is 0 Å². The number of nitrogens with two attached hydrogens (primary N) is 1. The summed E-state index contributed by atoms with van der Waals surface area (Å²) >= 11 is 4.81. The van der Waals surface area contributed by atoms with E-state index >= 15 is 0 Å². The van der Waals surface area contributed by atoms with E-state index in [4.69, 9.17) is 5.14 Å². The number of aliphatic hydroxyl groups is 1. The fourth-order valence-corrected chi connectivity index (χ4v) is 5.93. The molecule has 3 aromatic heterocycles. The number of halogens is 1. The minimum Gasteiger partial charge on any atom is -0.393 e. The first-order valence-corrected chi connectivity index (χ1v) is 13.6. The Morgan fingerprint density at radius 2 is 2.18 bits per heavy atom. The van der Waals surface area contributed by atoms with Gasteiger partial charge < -0.3 is 5.11 Å². The lowest BCUT2D eigenvalue weighted by atomic mass is 9.96. The van der Waals surface area contributed by atoms with Crippen LogP contribution in [-0.2, 0) is 27.5 Å². The number of thiophene rings is 1. The van der Waals surface area contributed by atoms with Gasteiger partial charge in [-0.05, 0) is 59.7 Å². The SMILES string of the molecule is Cc1sc(C(=O)c2cncnc2C[C@@H]2C[C@H](COS(N)(=O)=O)[C@@H](O)C2)cc1Cn1cc(Br)cn1. The van der Waals surface area contributed by atoms with E-state index in [-0.39, 0.29) is 24.2 Å². The van der Waals surface area contributed by atoms with Crippen LogP contribution in [0.25, 0.3) is 0 Å². The Balaban J connectivity index is 1.47. The molecular formula is C21H24BrN5O5S2. The molecule has 34 heavy (non-hydrogen) atoms. The zero-order valence-corrected chi connectivity index (χ0v) is 21.5. The number of rotatable bonds is 9. The molecule has 3 aromatic rings. The van der Waals surface area contributed by atoms with Crippen LogP contribution in [0, 0.1) is 18.8 Å². The first-order valence-electron chi connectivity index (χ1n) is 10.5. The lowest BCUT2D eigenvalue weighted by Gasteiger charge is -2.13. The third kappa shape index (κ3) is 6.15. The maximum absolute atomic E-state index is 13.4. The van der Waals surface area contributed by atoms with Gasteiger partial charge in [0.2, 0.25) is 5.78 Å². The zero-order chi connectivity index (χ0) is 24.5. The summed E-state index contributed by atoms with van der Waals surface area (Å²) in [4.78, 5) is 23.4. The summed E-state index contributed by atoms with van der Waals surface area (Å²) in [6.07, 6.45) is 7.26. The zero-order valence-electron chi connectivity index (χ0n) is 18.3. The fraction of sp³-hybridized carbons (Fsp3) is 0.429. The van der Waals surface area contributed by atoms with Gasteiger partial charge in [-0.15, -0.1) is 11.3 Å². The summed E-state index contributed by atoms with van der Waals surface area (Å²) in [7, 11) is -4.06. The quantitative estimate of drug-likeness (QED) is 0.372. The van der Waals surface area contributed by atoms with Crippen LogP contribution in [0.1, 0.15) is 44.2 Å². The van der Waals surface area contributed by atoms with Gasteiger partial charge in [-0.1, -0.05) is 0 Å². The number of nitrogens with zero attached hydrogens (tertiary/aromatic N) is 4. The lowest BCUT2D eigenvalue weighted by Crippen LogP contribution is -2.24. The van der Waals surface area contributed by atoms with Crippen molar-refractivity contribution in [3.05, 3.63) is 62.0 Å². The Bertz CT molecular complexity index is 1290. The molecule has 4 rings (SSSR count). The molecule has 0 spiro atoms. The van der Waals surface area contributed by atoms with Crippen molar-refractivity contribution < 1.29 is 22.5 Å². The summed E-state index contributed by atoms with van der Waals surface area (Å²) in [5.41, 5.74) is 2.05. The van der Waals surface area contributed by atoms with Crippen LogP contribution >= 0.6 is 27.3 Å². The normalized spacial score (nSPS) is 20.6. The first-order chi connectivity index (χ1) is 16.1. The molecule has 1 aliphatic carbocycles. The second-order valence-electron chi connectivity index (χ2n) is 8.41. The van der Waals surface area contributed by atoms with Gasteiger partial charge in [-0.25, -0.2) is 15.1 Å². The van der Waals surface area contributed by atoms with Crippen LogP contribution < -0.4 is 5.14 Å². The third-order valence-electron chi connectivity index (χ3n) is 5.90. The summed E-state index contributed by atoms with van der Waals surface area (Å²) < 4.78 is 29.5. The lowest BCUT2D eigenvalue weighted by molar-refractivity contribution is 0.100. The van der Waals surface area contributed by atoms with Crippen molar-refractivity contribution in [3.63, 3.8) is 0 Å². The number of aryl methyl sites for hydroxylation is 1. The highest BCUT2D eigenvalue weighted by atomic mass is 79.9. The van der Waals surface area contributed by atoms with E-state index in [1.165, 1.54) is 23.9 Å². The summed E-state index contributed by atoms with van der Waals surface area (Å²) in [5.74, 6) is -0.483. The maximum atomic E-state index is 13.4. The molecule has 1 aliphatic rings. The van der Waals surface area contributed by atoms with E-state index in [1.807, 2.05) is 19.2 Å². The molecule has 0 unspecified atom stereocenters. The Morgan fingerprint density at radius 3 is 2.88 bits per heavy atom. The average Bonchev–Trinajstić information content (AvgIpc) is 3.45. The number of hydrogen-bond donors (Lipinski definition) is 2. The topological polar surface area (TPSA) is 150 Å². The summed E-state index contributed by atoms with van der Waals surface area (Å²) in [5, 5.41) is 19.5. The van der Waals surface area contributed by atoms with Gasteiger partial charge in [0.05, 0.1) is 46.1 Å². The summed E-state index contributed by atoms with van der Waals surface area (Å²) in [6.45, 7) is 2.36. The number of ketones is 1. The van der Waals surface area contributed by atoms with Crippen molar-refractivity contribution >= 4 is 43.4 Å². The Morgan fingerprint density at radius 1 is 1.38 bits per heavy atom. The second-order valence-corrected chi connectivity index (χ2v) is 11.8. The standard InChI is InChI=1S/C21H24BrN5O5S2/c1-12-14(8-27-9-16(22)6-26-27)5-20(33-12)21(29)17-7-24-11-25-18(17)3-13-2-15(19(28)4-13)10-32-34(23,30)31/h5-7,9,11,13,15,19,28H,2-4,8,10H2,1H3,(H2,23,30,31)/t13-,15+,19-/m0/s1. The second kappa shape index (κ2) is 10.3. The molecule has 0 saturated heterocycles. The molecule has 1 fully saturated rings. The van der Waals surface area contributed by atoms with Gasteiger partial charge >= 0.3 is 10.3 Å². The molecule has 1 saturated carbocycles. The predicted octanol–water partition coefficient (Wildman–Crippen LogP) is 2.23. The van der Waals surface area contributed by atoms with Crippen molar-refractivity contribution in [1.82, 2.24) is 19.7 Å². The predicted molar refractivity (Wildman–Crippen MR) is 129 cm³/mol. The molecule has 0 radical (unpaired) electrons. The molecule has 10 nitrogen and oxygen atoms in total. The van der Waals surface area contributed by atoms with E-state index < -0.39 is 16.4 Å². The molecule has 0 amide bonds. The van der Waals surface area contributed by atoms with Crippen LogP contribution in [0.4, 0.5) is 0 Å². The van der Waals surface area contributed by atoms with Gasteiger partial charge in [0.1, 0.15) is 6.33 Å². The Kier molecular flexibility index (Phi) is 7.60. The van der Waals surface area contributed by atoms with Crippen LogP contribution in [0.3, 0.4) is 0 Å². The van der Waals surface area contributed by atoms with E-state index in [1.54, 1.807) is 10.9 Å². The first kappa shape index (κ1) is 25.1. The molecule has 3 N–H and O–H groups in total. The van der Waals surface area contributed by atoms with Crippen LogP contribution in [0.5, 0.6) is 0 Å². The smallest absolute Gasteiger partial charge is 0.333 e. The minimum absolute atomic E-state index is 0.0180. The third-order valence-corrected chi connectivity index (χ3v) is 7.87. The highest BCUT2D eigenvalue weighted by Gasteiger charge is 2.35. The van der Waals surface area contributed by atoms with Crippen molar-refractivity contribution in [1.29, 1.82) is 0 Å². The highest BCUT2D eigenvalue weighted by Crippen LogP contribution is 2.35. The van der Waals surface area contributed by atoms with E-state index in [0.717, 1.165) is 14.9 Å². The number of carbonyl (C=O) groups is 1. The number of hydrogen-bond acceptors (Lipinski definition) is 9. The molecule has 0 aromatic carbocycles. The molecule has 0 aliphatic heterocycles. The molecular weight excluding hydrogens is 546 g/mol. The summed E-state index contributed by atoms with van der Waals surface area (Å²) in [6, 6.07) is 1.88. The number of aromatic nitrogens is 4. The Hall–Kier alpha value is -2.03. The average molecular weight is 570 g/mol. The van der Waals surface area contributed by atoms with Gasteiger partial charge in [-0.2, -0.15) is 13.5 Å². The van der Waals surface area contributed by atoms with E-state index in [2.05, 4.69) is 35.2 Å². The van der Waals surface area contributed by atoms with Crippen LogP contribution in [0.2, 0.25) is 0 Å². The monoisotopic (exact) mass is 569 g/mol. The van der Waals surface area contributed by atoms with Gasteiger partial charge in [0.25, 0.3) is 0 Å². The Labute approximate surface area is 209 Å². The fourth-order valence-electron chi connectivity index (χ4n) is 4.24. The highest BCUT2D eigenvalue weighted by molar-refractivity contribution is 9.10. The van der Waals surface area contributed by atoms with Gasteiger partial charge in [-0.3, -0.25) is 13.7 Å². The van der Waals surface area contributed by atoms with E-state index in [0.29, 0.717) is 41.9 Å². The van der Waals surface area contributed by atoms with Crippen molar-refractivity contribution in [2.24, 2.45) is 17.0 Å². The largest absolute Gasteiger partial charge is 0.393 e. The van der Waals surface area contributed by atoms with Crippen molar-refractivity contribution in [2.75, 3.05) is 6.61 Å². The molecule has 0 bridgehead atoms. The number of carbonyl (C=O) groups excluding carboxylic acids is 1. The molecule has 182 valence electrons. The molecule has 3 heterocycles.